The van der Waals surface area contributed by atoms with Crippen molar-refractivity contribution in [3.63, 3.8) is 0 Å². The molecule has 1 N–H and O–H groups in total. The molecule has 0 unspecified atom stereocenters. The molecule has 1 aromatic heterocycles. The molecule has 2 aromatic carbocycles. The van der Waals surface area contributed by atoms with E-state index in [1.54, 1.807) is 24.3 Å². The van der Waals surface area contributed by atoms with Gasteiger partial charge < -0.3 is 5.32 Å². The number of benzene rings is 2. The quantitative estimate of drug-likeness (QED) is 0.419. The molecule has 134 valence electrons. The molecule has 3 aromatic rings. The number of hydrogen-bond donors (Lipinski definition) is 1. The van der Waals surface area contributed by atoms with Crippen LogP contribution in [0.4, 0.5) is 9.52 Å². The van der Waals surface area contributed by atoms with Crippen LogP contribution in [0.1, 0.15) is 11.1 Å². The summed E-state index contributed by atoms with van der Waals surface area (Å²) in [5.74, 6) is 0.0551. The molecule has 26 heavy (non-hydrogen) atoms. The number of thioether (sulfide) groups is 1. The van der Waals surface area contributed by atoms with Crippen molar-refractivity contribution in [1.82, 2.24) is 10.2 Å². The lowest BCUT2D eigenvalue weighted by atomic mass is 10.1. The smallest absolute Gasteiger partial charge is 0.230 e. The molecule has 0 fully saturated rings. The topological polar surface area (TPSA) is 54.9 Å². The first-order valence-corrected chi connectivity index (χ1v) is 10.00. The molecule has 0 aliphatic carbocycles. The lowest BCUT2D eigenvalue weighted by Gasteiger charge is -2.02. The van der Waals surface area contributed by atoms with Crippen LogP contribution in [-0.4, -0.2) is 16.1 Å². The van der Waals surface area contributed by atoms with Crippen LogP contribution < -0.4 is 5.32 Å². The Bertz CT molecular complexity index is 919. The van der Waals surface area contributed by atoms with Gasteiger partial charge in [0.15, 0.2) is 4.34 Å². The van der Waals surface area contributed by atoms with Crippen molar-refractivity contribution >= 4 is 57.3 Å². The third-order valence-electron chi connectivity index (χ3n) is 3.30. The van der Waals surface area contributed by atoms with E-state index in [4.69, 9.17) is 23.2 Å². The monoisotopic (exact) mass is 427 g/mol. The molecule has 0 radical (unpaired) electrons. The summed E-state index contributed by atoms with van der Waals surface area (Å²) in [5, 5.41) is 12.3. The van der Waals surface area contributed by atoms with Gasteiger partial charge in [-0.1, -0.05) is 64.5 Å². The van der Waals surface area contributed by atoms with Gasteiger partial charge in [0.2, 0.25) is 11.0 Å². The van der Waals surface area contributed by atoms with E-state index in [0.717, 1.165) is 11.1 Å². The fraction of sp³-hybridized carbons (Fsp3) is 0.118. The first-order valence-electron chi connectivity index (χ1n) is 7.44. The van der Waals surface area contributed by atoms with Crippen molar-refractivity contribution in [3.05, 3.63) is 69.5 Å². The summed E-state index contributed by atoms with van der Waals surface area (Å²) >= 11 is 14.8. The molecule has 1 amide bonds. The van der Waals surface area contributed by atoms with Gasteiger partial charge in [0.25, 0.3) is 0 Å². The number of hydrogen-bond acceptors (Lipinski definition) is 5. The van der Waals surface area contributed by atoms with E-state index < -0.39 is 0 Å². The molecular formula is C17H12Cl2FN3OS2. The van der Waals surface area contributed by atoms with Gasteiger partial charge in [-0.15, -0.1) is 10.2 Å². The van der Waals surface area contributed by atoms with E-state index in [1.807, 2.05) is 6.07 Å². The van der Waals surface area contributed by atoms with Crippen LogP contribution in [0, 0.1) is 5.82 Å². The summed E-state index contributed by atoms with van der Waals surface area (Å²) in [6, 6.07) is 11.1. The highest BCUT2D eigenvalue weighted by Gasteiger charge is 2.10. The predicted molar refractivity (Wildman–Crippen MR) is 105 cm³/mol. The van der Waals surface area contributed by atoms with Gasteiger partial charge in [-0.05, 0) is 35.4 Å². The third kappa shape index (κ3) is 5.41. The van der Waals surface area contributed by atoms with Crippen molar-refractivity contribution in [1.29, 1.82) is 0 Å². The maximum Gasteiger partial charge on any atom is 0.230 e. The summed E-state index contributed by atoms with van der Waals surface area (Å²) in [6.07, 6.45) is 0.142. The lowest BCUT2D eigenvalue weighted by Crippen LogP contribution is -2.14. The average Bonchev–Trinajstić information content (AvgIpc) is 3.03. The Hall–Kier alpha value is -1.67. The first kappa shape index (κ1) is 19.1. The van der Waals surface area contributed by atoms with Crippen LogP contribution in [0.15, 0.2) is 46.8 Å². The first-order chi connectivity index (χ1) is 12.5. The highest BCUT2D eigenvalue weighted by atomic mass is 35.5. The number of aromatic nitrogens is 2. The molecule has 0 aliphatic rings. The molecule has 0 atom stereocenters. The van der Waals surface area contributed by atoms with E-state index in [2.05, 4.69) is 15.5 Å². The second kappa shape index (κ2) is 8.81. The highest BCUT2D eigenvalue weighted by Crippen LogP contribution is 2.31. The van der Waals surface area contributed by atoms with Crippen molar-refractivity contribution in [2.45, 2.75) is 16.5 Å². The molecule has 0 aliphatic heterocycles. The summed E-state index contributed by atoms with van der Waals surface area (Å²) in [6.45, 7) is 0. The van der Waals surface area contributed by atoms with E-state index in [0.29, 0.717) is 25.3 Å². The van der Waals surface area contributed by atoms with Gasteiger partial charge in [-0.3, -0.25) is 4.79 Å². The molecule has 0 saturated carbocycles. The number of anilines is 1. The van der Waals surface area contributed by atoms with E-state index in [9.17, 15) is 9.18 Å². The average molecular weight is 428 g/mol. The zero-order valence-electron chi connectivity index (χ0n) is 13.2. The molecular weight excluding hydrogens is 416 g/mol. The van der Waals surface area contributed by atoms with E-state index in [1.165, 1.54) is 35.2 Å². The molecule has 0 saturated heterocycles. The molecule has 0 spiro atoms. The van der Waals surface area contributed by atoms with Gasteiger partial charge in [-0.2, -0.15) is 0 Å². The Morgan fingerprint density at radius 3 is 2.65 bits per heavy atom. The van der Waals surface area contributed by atoms with Crippen molar-refractivity contribution in [2.24, 2.45) is 0 Å². The number of carbonyl (C=O) groups excluding carboxylic acids is 1. The molecule has 0 bridgehead atoms. The molecule has 4 nitrogen and oxygen atoms in total. The number of nitrogens with zero attached hydrogens (tertiary/aromatic N) is 2. The van der Waals surface area contributed by atoms with E-state index >= 15 is 0 Å². The van der Waals surface area contributed by atoms with Crippen LogP contribution in [-0.2, 0) is 17.0 Å². The summed E-state index contributed by atoms with van der Waals surface area (Å²) in [5.41, 5.74) is 1.67. The Balaban J connectivity index is 1.54. The van der Waals surface area contributed by atoms with Crippen molar-refractivity contribution < 1.29 is 9.18 Å². The summed E-state index contributed by atoms with van der Waals surface area (Å²) in [4.78, 5) is 12.0. The minimum atomic E-state index is -0.333. The summed E-state index contributed by atoms with van der Waals surface area (Å²) in [7, 11) is 0. The second-order valence-electron chi connectivity index (χ2n) is 5.25. The molecule has 1 heterocycles. The van der Waals surface area contributed by atoms with Crippen LogP contribution >= 0.6 is 46.3 Å². The Kier molecular flexibility index (Phi) is 6.48. The number of carbonyl (C=O) groups is 1. The SMILES string of the molecule is O=C(Cc1ccc(F)cc1)Nc1nnc(SCc2ccc(Cl)cc2Cl)s1. The van der Waals surface area contributed by atoms with Crippen LogP contribution in [0.3, 0.4) is 0 Å². The number of rotatable bonds is 6. The van der Waals surface area contributed by atoms with Gasteiger partial charge >= 0.3 is 0 Å². The largest absolute Gasteiger partial charge is 0.300 e. The number of halogens is 3. The van der Waals surface area contributed by atoms with Crippen LogP contribution in [0.25, 0.3) is 0 Å². The Morgan fingerprint density at radius 1 is 1.15 bits per heavy atom. The van der Waals surface area contributed by atoms with Gasteiger partial charge in [0.1, 0.15) is 5.82 Å². The fourth-order valence-electron chi connectivity index (χ4n) is 2.05. The fourth-order valence-corrected chi connectivity index (χ4v) is 4.37. The van der Waals surface area contributed by atoms with Crippen molar-refractivity contribution in [3.8, 4) is 0 Å². The van der Waals surface area contributed by atoms with Gasteiger partial charge in [0, 0.05) is 15.8 Å². The van der Waals surface area contributed by atoms with Gasteiger partial charge in [0.05, 0.1) is 6.42 Å². The Morgan fingerprint density at radius 2 is 1.92 bits per heavy atom. The third-order valence-corrected chi connectivity index (χ3v) is 5.90. The second-order valence-corrected chi connectivity index (χ2v) is 8.29. The van der Waals surface area contributed by atoms with Crippen LogP contribution in [0.2, 0.25) is 10.0 Å². The van der Waals surface area contributed by atoms with Crippen molar-refractivity contribution in [2.75, 3.05) is 5.32 Å². The number of amides is 1. The highest BCUT2D eigenvalue weighted by molar-refractivity contribution is 8.00. The predicted octanol–water partition coefficient (Wildman–Crippen LogP) is 5.46. The normalized spacial score (nSPS) is 10.7. The zero-order valence-corrected chi connectivity index (χ0v) is 16.4. The maximum absolute atomic E-state index is 12.9. The number of nitrogens with one attached hydrogen (secondary N) is 1. The molecule has 9 heteroatoms. The van der Waals surface area contributed by atoms with E-state index in [-0.39, 0.29) is 18.1 Å². The lowest BCUT2D eigenvalue weighted by molar-refractivity contribution is -0.115. The van der Waals surface area contributed by atoms with Crippen LogP contribution in [0.5, 0.6) is 0 Å². The minimum absolute atomic E-state index is 0.142. The Labute approximate surface area is 167 Å². The van der Waals surface area contributed by atoms with Gasteiger partial charge in [-0.25, -0.2) is 4.39 Å². The zero-order chi connectivity index (χ0) is 18.5. The minimum Gasteiger partial charge on any atom is -0.300 e. The molecule has 3 rings (SSSR count). The maximum atomic E-state index is 12.9. The standard InChI is InChI=1S/C17H12Cl2FN3OS2/c18-12-4-3-11(14(19)8-12)9-25-17-23-22-16(26-17)21-15(24)7-10-1-5-13(20)6-2-10/h1-6,8H,7,9H2,(H,21,22,24). The summed E-state index contributed by atoms with van der Waals surface area (Å²) < 4.78 is 13.6.